The molecule has 1 aromatic rings. The standard InChI is InChI=1S/C11H12N2O/c1-11(2)8-12-13(10(11)14)9-6-4-3-5-7-9/h3-8H,1-2H3. The molecule has 0 fully saturated rings. The third-order valence-electron chi connectivity index (χ3n) is 2.24. The first-order valence-electron chi connectivity index (χ1n) is 4.56. The van der Waals surface area contributed by atoms with Crippen molar-refractivity contribution in [3.05, 3.63) is 30.3 Å². The monoisotopic (exact) mass is 188 g/mol. The zero-order chi connectivity index (χ0) is 10.2. The molecule has 1 aliphatic rings. The van der Waals surface area contributed by atoms with E-state index in [9.17, 15) is 4.79 Å². The molecule has 0 spiro atoms. The van der Waals surface area contributed by atoms with Gasteiger partial charge < -0.3 is 0 Å². The quantitative estimate of drug-likeness (QED) is 0.663. The van der Waals surface area contributed by atoms with Crippen LogP contribution in [0.5, 0.6) is 0 Å². The van der Waals surface area contributed by atoms with Crippen LogP contribution in [0.3, 0.4) is 0 Å². The van der Waals surface area contributed by atoms with Crippen LogP contribution < -0.4 is 5.01 Å². The van der Waals surface area contributed by atoms with Gasteiger partial charge in [-0.1, -0.05) is 18.2 Å². The van der Waals surface area contributed by atoms with Crippen LogP contribution in [0, 0.1) is 5.41 Å². The number of anilines is 1. The predicted molar refractivity (Wildman–Crippen MR) is 56.2 cm³/mol. The van der Waals surface area contributed by atoms with Gasteiger partial charge >= 0.3 is 0 Å². The minimum Gasteiger partial charge on any atom is -0.271 e. The fourth-order valence-electron chi connectivity index (χ4n) is 1.34. The van der Waals surface area contributed by atoms with Gasteiger partial charge in [-0.2, -0.15) is 5.10 Å². The Kier molecular flexibility index (Phi) is 1.88. The Morgan fingerprint density at radius 2 is 1.86 bits per heavy atom. The lowest BCUT2D eigenvalue weighted by Crippen LogP contribution is -2.31. The first-order chi connectivity index (χ1) is 6.61. The Morgan fingerprint density at radius 1 is 1.21 bits per heavy atom. The van der Waals surface area contributed by atoms with Crippen molar-refractivity contribution in [2.75, 3.05) is 5.01 Å². The maximum Gasteiger partial charge on any atom is 0.258 e. The lowest BCUT2D eigenvalue weighted by molar-refractivity contribution is -0.122. The molecule has 0 N–H and O–H groups in total. The fraction of sp³-hybridized carbons (Fsp3) is 0.273. The summed E-state index contributed by atoms with van der Waals surface area (Å²) in [5, 5.41) is 5.54. The smallest absolute Gasteiger partial charge is 0.258 e. The van der Waals surface area contributed by atoms with Gasteiger partial charge in [-0.05, 0) is 26.0 Å². The molecule has 1 aromatic carbocycles. The fourth-order valence-corrected chi connectivity index (χ4v) is 1.34. The van der Waals surface area contributed by atoms with Gasteiger partial charge in [-0.3, -0.25) is 4.79 Å². The number of rotatable bonds is 1. The van der Waals surface area contributed by atoms with E-state index < -0.39 is 5.41 Å². The minimum atomic E-state index is -0.476. The zero-order valence-corrected chi connectivity index (χ0v) is 8.27. The molecule has 2 rings (SSSR count). The normalized spacial score (nSPS) is 19.0. The Bertz CT molecular complexity index is 382. The Balaban J connectivity index is 2.33. The van der Waals surface area contributed by atoms with Crippen LogP contribution in [-0.4, -0.2) is 12.1 Å². The lowest BCUT2D eigenvalue weighted by atomic mass is 9.95. The van der Waals surface area contributed by atoms with Crippen LogP contribution in [0.4, 0.5) is 5.69 Å². The third kappa shape index (κ3) is 1.31. The molecule has 14 heavy (non-hydrogen) atoms. The second-order valence-corrected chi connectivity index (χ2v) is 3.92. The molecule has 1 amide bonds. The molecule has 72 valence electrons. The summed E-state index contributed by atoms with van der Waals surface area (Å²) in [4.78, 5) is 11.8. The highest BCUT2D eigenvalue weighted by Gasteiger charge is 2.36. The van der Waals surface area contributed by atoms with Gasteiger partial charge in [0.1, 0.15) is 0 Å². The number of nitrogens with zero attached hydrogens (tertiary/aromatic N) is 2. The summed E-state index contributed by atoms with van der Waals surface area (Å²) >= 11 is 0. The Hall–Kier alpha value is -1.64. The molecule has 0 unspecified atom stereocenters. The van der Waals surface area contributed by atoms with Crippen molar-refractivity contribution in [3.63, 3.8) is 0 Å². The van der Waals surface area contributed by atoms with Crippen molar-refractivity contribution >= 4 is 17.8 Å². The molecule has 1 heterocycles. The van der Waals surface area contributed by atoms with Crippen LogP contribution in [-0.2, 0) is 4.79 Å². The van der Waals surface area contributed by atoms with Gasteiger partial charge in [0.2, 0.25) is 0 Å². The van der Waals surface area contributed by atoms with Gasteiger partial charge in [0, 0.05) is 6.21 Å². The molecule has 0 saturated carbocycles. The van der Waals surface area contributed by atoms with Gasteiger partial charge in [-0.15, -0.1) is 0 Å². The highest BCUT2D eigenvalue weighted by Crippen LogP contribution is 2.27. The zero-order valence-electron chi connectivity index (χ0n) is 8.27. The number of hydrazone groups is 1. The predicted octanol–water partition coefficient (Wildman–Crippen LogP) is 2.05. The van der Waals surface area contributed by atoms with Crippen molar-refractivity contribution in [1.29, 1.82) is 0 Å². The van der Waals surface area contributed by atoms with Crippen molar-refractivity contribution in [2.24, 2.45) is 10.5 Å². The topological polar surface area (TPSA) is 32.7 Å². The highest BCUT2D eigenvalue weighted by molar-refractivity contribution is 6.10. The van der Waals surface area contributed by atoms with E-state index in [0.29, 0.717) is 0 Å². The van der Waals surface area contributed by atoms with E-state index in [1.807, 2.05) is 44.2 Å². The summed E-state index contributed by atoms with van der Waals surface area (Å²) in [6.45, 7) is 3.73. The number of para-hydroxylation sites is 1. The molecule has 0 aromatic heterocycles. The van der Waals surface area contributed by atoms with Crippen LogP contribution >= 0.6 is 0 Å². The van der Waals surface area contributed by atoms with Crippen LogP contribution in [0.25, 0.3) is 0 Å². The molecule has 3 heteroatoms. The summed E-state index contributed by atoms with van der Waals surface area (Å²) in [6, 6.07) is 9.44. The number of hydrogen-bond donors (Lipinski definition) is 0. The summed E-state index contributed by atoms with van der Waals surface area (Å²) in [6.07, 6.45) is 1.68. The third-order valence-corrected chi connectivity index (χ3v) is 2.24. The molecule has 0 bridgehead atoms. The second kappa shape index (κ2) is 2.94. The van der Waals surface area contributed by atoms with Gasteiger partial charge in [0.15, 0.2) is 0 Å². The first kappa shape index (κ1) is 8.94. The maximum absolute atomic E-state index is 11.8. The van der Waals surface area contributed by atoms with E-state index in [2.05, 4.69) is 5.10 Å². The maximum atomic E-state index is 11.8. The van der Waals surface area contributed by atoms with Crippen molar-refractivity contribution < 1.29 is 4.79 Å². The van der Waals surface area contributed by atoms with Crippen LogP contribution in [0.1, 0.15) is 13.8 Å². The SMILES string of the molecule is CC1(C)C=NN(c2ccccc2)C1=O. The summed E-state index contributed by atoms with van der Waals surface area (Å²) in [5.41, 5.74) is 0.342. The molecule has 1 aliphatic heterocycles. The largest absolute Gasteiger partial charge is 0.271 e. The summed E-state index contributed by atoms with van der Waals surface area (Å²) < 4.78 is 0. The molecule has 3 nitrogen and oxygen atoms in total. The lowest BCUT2D eigenvalue weighted by Gasteiger charge is -2.16. The molecular weight excluding hydrogens is 176 g/mol. The van der Waals surface area contributed by atoms with Crippen LogP contribution in [0.2, 0.25) is 0 Å². The Labute approximate surface area is 83.0 Å². The number of hydrogen-bond acceptors (Lipinski definition) is 2. The van der Waals surface area contributed by atoms with E-state index in [-0.39, 0.29) is 5.91 Å². The van der Waals surface area contributed by atoms with Crippen molar-refractivity contribution in [2.45, 2.75) is 13.8 Å². The van der Waals surface area contributed by atoms with Gasteiger partial charge in [0.25, 0.3) is 5.91 Å². The van der Waals surface area contributed by atoms with E-state index in [0.717, 1.165) is 5.69 Å². The summed E-state index contributed by atoms with van der Waals surface area (Å²) in [5.74, 6) is 0.0173. The second-order valence-electron chi connectivity index (χ2n) is 3.92. The number of carbonyl (C=O) groups is 1. The molecule has 0 radical (unpaired) electrons. The molecule has 0 atom stereocenters. The average Bonchev–Trinajstić information content (AvgIpc) is 2.44. The molecular formula is C11H12N2O. The van der Waals surface area contributed by atoms with Crippen LogP contribution in [0.15, 0.2) is 35.4 Å². The van der Waals surface area contributed by atoms with Gasteiger partial charge in [0.05, 0.1) is 11.1 Å². The number of carbonyl (C=O) groups excluding carboxylic acids is 1. The van der Waals surface area contributed by atoms with Crippen molar-refractivity contribution in [1.82, 2.24) is 0 Å². The first-order valence-corrected chi connectivity index (χ1v) is 4.56. The average molecular weight is 188 g/mol. The summed E-state index contributed by atoms with van der Waals surface area (Å²) in [7, 11) is 0. The van der Waals surface area contributed by atoms with Gasteiger partial charge in [-0.25, -0.2) is 5.01 Å². The highest BCUT2D eigenvalue weighted by atomic mass is 16.2. The van der Waals surface area contributed by atoms with Crippen molar-refractivity contribution in [3.8, 4) is 0 Å². The number of benzene rings is 1. The number of amides is 1. The molecule has 0 saturated heterocycles. The minimum absolute atomic E-state index is 0.0173. The van der Waals surface area contributed by atoms with E-state index in [1.165, 1.54) is 5.01 Å². The molecule has 0 aliphatic carbocycles. The van der Waals surface area contributed by atoms with E-state index in [4.69, 9.17) is 0 Å². The van der Waals surface area contributed by atoms with E-state index >= 15 is 0 Å². The van der Waals surface area contributed by atoms with E-state index in [1.54, 1.807) is 6.21 Å². The Morgan fingerprint density at radius 3 is 2.36 bits per heavy atom.